The van der Waals surface area contributed by atoms with Crippen molar-refractivity contribution in [2.24, 2.45) is 0 Å². The third-order valence-electron chi connectivity index (χ3n) is 1.59. The molecule has 2 aromatic heterocycles. The van der Waals surface area contributed by atoms with Crippen molar-refractivity contribution in [3.63, 3.8) is 0 Å². The van der Waals surface area contributed by atoms with Gasteiger partial charge in [-0.1, -0.05) is 6.07 Å². The highest BCUT2D eigenvalue weighted by atomic mass is 32.1. The number of thiophene rings is 1. The molecule has 2 heterocycles. The van der Waals surface area contributed by atoms with Crippen molar-refractivity contribution in [1.82, 2.24) is 4.98 Å². The zero-order valence-corrected chi connectivity index (χ0v) is 8.91. The van der Waals surface area contributed by atoms with E-state index in [9.17, 15) is 0 Å². The highest BCUT2D eigenvalue weighted by Crippen LogP contribution is 2.28. The van der Waals surface area contributed by atoms with Crippen LogP contribution in [0.25, 0.3) is 10.6 Å². The highest BCUT2D eigenvalue weighted by Gasteiger charge is 2.04. The van der Waals surface area contributed by atoms with Crippen LogP contribution < -0.4 is 0 Å². The summed E-state index contributed by atoms with van der Waals surface area (Å²) in [6.07, 6.45) is 0. The Morgan fingerprint density at radius 3 is 2.83 bits per heavy atom. The molecular weight excluding hydrogens is 206 g/mol. The lowest BCUT2D eigenvalue weighted by Gasteiger charge is -1.91. The Hall–Kier alpha value is -0.450. The van der Waals surface area contributed by atoms with Crippen molar-refractivity contribution >= 4 is 34.9 Å². The van der Waals surface area contributed by atoms with Crippen LogP contribution in [-0.4, -0.2) is 4.98 Å². The van der Waals surface area contributed by atoms with E-state index in [0.717, 1.165) is 3.95 Å². The Morgan fingerprint density at radius 1 is 1.50 bits per heavy atom. The molecule has 0 unspecified atom stereocenters. The molecule has 0 aliphatic rings. The molecule has 0 saturated carbocycles. The number of aryl methyl sites for hydroxylation is 1. The Balaban J connectivity index is 2.61. The third-order valence-corrected chi connectivity index (χ3v) is 3.63. The van der Waals surface area contributed by atoms with Crippen LogP contribution in [0.4, 0.5) is 0 Å². The van der Waals surface area contributed by atoms with Gasteiger partial charge in [-0.15, -0.1) is 22.7 Å². The Labute approximate surface area is 83.7 Å². The van der Waals surface area contributed by atoms with E-state index in [-0.39, 0.29) is 0 Å². The van der Waals surface area contributed by atoms with Gasteiger partial charge in [-0.3, -0.25) is 0 Å². The lowest BCUT2D eigenvalue weighted by Crippen LogP contribution is -1.72. The first-order valence-corrected chi connectivity index (χ1v) is 5.61. The number of aromatic nitrogens is 1. The molecule has 0 spiro atoms. The molecule has 62 valence electrons. The van der Waals surface area contributed by atoms with E-state index in [1.54, 1.807) is 22.7 Å². The van der Waals surface area contributed by atoms with E-state index in [4.69, 9.17) is 12.2 Å². The van der Waals surface area contributed by atoms with Crippen LogP contribution in [0.2, 0.25) is 0 Å². The molecule has 12 heavy (non-hydrogen) atoms. The molecule has 1 N–H and O–H groups in total. The second-order valence-electron chi connectivity index (χ2n) is 2.42. The number of hydrogen-bond donors (Lipinski definition) is 1. The molecule has 0 amide bonds. The zero-order chi connectivity index (χ0) is 8.55. The fourth-order valence-electron chi connectivity index (χ4n) is 1.06. The lowest BCUT2D eigenvalue weighted by molar-refractivity contribution is 1.38. The molecule has 0 aromatic carbocycles. The number of hydrogen-bond acceptors (Lipinski definition) is 3. The van der Waals surface area contributed by atoms with Gasteiger partial charge in [-0.25, -0.2) is 0 Å². The Morgan fingerprint density at radius 2 is 2.33 bits per heavy atom. The minimum absolute atomic E-state index is 0.857. The molecule has 2 aromatic rings. The summed E-state index contributed by atoms with van der Waals surface area (Å²) in [7, 11) is 0. The van der Waals surface area contributed by atoms with Crippen LogP contribution >= 0.6 is 34.9 Å². The SMILES string of the molecule is Cc1sc(=S)[nH]c1-c1cccs1. The van der Waals surface area contributed by atoms with Gasteiger partial charge in [0.1, 0.15) is 0 Å². The van der Waals surface area contributed by atoms with Gasteiger partial charge in [0.15, 0.2) is 3.95 Å². The molecule has 2 rings (SSSR count). The van der Waals surface area contributed by atoms with Crippen molar-refractivity contribution in [3.8, 4) is 10.6 Å². The minimum Gasteiger partial charge on any atom is -0.336 e. The van der Waals surface area contributed by atoms with Crippen molar-refractivity contribution in [3.05, 3.63) is 26.3 Å². The van der Waals surface area contributed by atoms with E-state index in [1.165, 1.54) is 15.4 Å². The van der Waals surface area contributed by atoms with Crippen LogP contribution in [0.15, 0.2) is 17.5 Å². The van der Waals surface area contributed by atoms with Crippen LogP contribution in [0, 0.1) is 10.9 Å². The number of H-pyrrole nitrogens is 1. The average Bonchev–Trinajstić information content (AvgIpc) is 2.58. The molecule has 0 atom stereocenters. The van der Waals surface area contributed by atoms with Crippen molar-refractivity contribution in [2.45, 2.75) is 6.92 Å². The first kappa shape index (κ1) is 8.16. The summed E-state index contributed by atoms with van der Waals surface area (Å²) in [6, 6.07) is 4.15. The van der Waals surface area contributed by atoms with Crippen molar-refractivity contribution in [2.75, 3.05) is 0 Å². The van der Waals surface area contributed by atoms with Crippen molar-refractivity contribution < 1.29 is 0 Å². The van der Waals surface area contributed by atoms with E-state index in [1.807, 2.05) is 6.07 Å². The highest BCUT2D eigenvalue weighted by molar-refractivity contribution is 7.73. The summed E-state index contributed by atoms with van der Waals surface area (Å²) in [5.74, 6) is 0. The smallest absolute Gasteiger partial charge is 0.159 e. The second-order valence-corrected chi connectivity index (χ2v) is 5.26. The van der Waals surface area contributed by atoms with E-state index in [0.29, 0.717) is 0 Å². The van der Waals surface area contributed by atoms with Gasteiger partial charge in [-0.2, -0.15) is 0 Å². The average molecular weight is 213 g/mol. The number of thiazole rings is 1. The monoisotopic (exact) mass is 213 g/mol. The normalized spacial score (nSPS) is 10.4. The maximum Gasteiger partial charge on any atom is 0.159 e. The van der Waals surface area contributed by atoms with E-state index in [2.05, 4.69) is 23.4 Å². The fraction of sp³-hybridized carbons (Fsp3) is 0.125. The predicted octanol–water partition coefficient (Wildman–Crippen LogP) is 3.84. The third kappa shape index (κ3) is 1.37. The standard InChI is InChI=1S/C8H7NS3/c1-5-7(9-8(10)12-5)6-3-2-4-11-6/h2-4H,1H3,(H,9,10). The lowest BCUT2D eigenvalue weighted by atomic mass is 10.3. The quantitative estimate of drug-likeness (QED) is 0.712. The molecular formula is C8H7NS3. The second kappa shape index (κ2) is 3.12. The van der Waals surface area contributed by atoms with Gasteiger partial charge < -0.3 is 4.98 Å². The summed E-state index contributed by atoms with van der Waals surface area (Å²) in [4.78, 5) is 5.72. The van der Waals surface area contributed by atoms with Gasteiger partial charge in [0.05, 0.1) is 10.6 Å². The summed E-state index contributed by atoms with van der Waals surface area (Å²) in [5.41, 5.74) is 1.18. The van der Waals surface area contributed by atoms with Gasteiger partial charge in [0.2, 0.25) is 0 Å². The topological polar surface area (TPSA) is 15.8 Å². The summed E-state index contributed by atoms with van der Waals surface area (Å²) < 4.78 is 0.857. The molecule has 1 nitrogen and oxygen atoms in total. The molecule has 0 radical (unpaired) electrons. The first-order chi connectivity index (χ1) is 5.77. The molecule has 4 heteroatoms. The predicted molar refractivity (Wildman–Crippen MR) is 57.6 cm³/mol. The van der Waals surface area contributed by atoms with Gasteiger partial charge >= 0.3 is 0 Å². The fourth-order valence-corrected chi connectivity index (χ4v) is 3.08. The molecule has 0 aliphatic heterocycles. The van der Waals surface area contributed by atoms with E-state index >= 15 is 0 Å². The summed E-state index contributed by atoms with van der Waals surface area (Å²) in [6.45, 7) is 2.09. The maximum absolute atomic E-state index is 5.06. The first-order valence-electron chi connectivity index (χ1n) is 3.51. The Kier molecular flexibility index (Phi) is 2.12. The molecule has 0 bridgehead atoms. The zero-order valence-electron chi connectivity index (χ0n) is 6.46. The Bertz CT molecular complexity index is 421. The minimum atomic E-state index is 0.857. The number of nitrogens with one attached hydrogen (secondary N) is 1. The van der Waals surface area contributed by atoms with Gasteiger partial charge in [-0.05, 0) is 30.6 Å². The number of aromatic amines is 1. The molecule has 0 saturated heterocycles. The summed E-state index contributed by atoms with van der Waals surface area (Å²) >= 11 is 8.43. The van der Waals surface area contributed by atoms with Gasteiger partial charge in [0.25, 0.3) is 0 Å². The van der Waals surface area contributed by atoms with E-state index < -0.39 is 0 Å². The van der Waals surface area contributed by atoms with Crippen LogP contribution in [-0.2, 0) is 0 Å². The molecule has 0 fully saturated rings. The summed E-state index contributed by atoms with van der Waals surface area (Å²) in [5, 5.41) is 2.07. The van der Waals surface area contributed by atoms with Crippen LogP contribution in [0.3, 0.4) is 0 Å². The van der Waals surface area contributed by atoms with Crippen molar-refractivity contribution in [1.29, 1.82) is 0 Å². The van der Waals surface area contributed by atoms with Crippen LogP contribution in [0.1, 0.15) is 4.88 Å². The maximum atomic E-state index is 5.06. The number of rotatable bonds is 1. The van der Waals surface area contributed by atoms with Gasteiger partial charge in [0, 0.05) is 4.88 Å². The largest absolute Gasteiger partial charge is 0.336 e. The molecule has 0 aliphatic carbocycles. The van der Waals surface area contributed by atoms with Crippen LogP contribution in [0.5, 0.6) is 0 Å².